The normalized spacial score (nSPS) is 11.0. The lowest BCUT2D eigenvalue weighted by atomic mass is 10.2. The maximum atomic E-state index is 12.4. The molecule has 2 N–H and O–H groups in total. The minimum atomic E-state index is -1.13. The van der Waals surface area contributed by atoms with Crippen LogP contribution in [0.2, 0.25) is 0 Å². The number of carbonyl (C=O) groups excluding carboxylic acids is 1. The van der Waals surface area contributed by atoms with Crippen LogP contribution in [0.4, 0.5) is 5.69 Å². The van der Waals surface area contributed by atoms with Crippen LogP contribution in [-0.2, 0) is 24.4 Å². The highest BCUT2D eigenvalue weighted by Gasteiger charge is 2.18. The number of hydrogen-bond acceptors (Lipinski definition) is 5. The van der Waals surface area contributed by atoms with Crippen molar-refractivity contribution in [3.05, 3.63) is 46.8 Å². The highest BCUT2D eigenvalue weighted by atomic mass is 16.4. The van der Waals surface area contributed by atoms with Crippen molar-refractivity contribution in [3.8, 4) is 0 Å². The van der Waals surface area contributed by atoms with Gasteiger partial charge >= 0.3 is 5.97 Å². The van der Waals surface area contributed by atoms with Crippen molar-refractivity contribution in [2.45, 2.75) is 47.3 Å². The van der Waals surface area contributed by atoms with Gasteiger partial charge in [0.2, 0.25) is 5.91 Å². The molecule has 3 aromatic heterocycles. The second-order valence-electron chi connectivity index (χ2n) is 6.53. The molecule has 0 spiro atoms. The molecule has 28 heavy (non-hydrogen) atoms. The Morgan fingerprint density at radius 2 is 1.89 bits per heavy atom. The lowest BCUT2D eigenvalue weighted by molar-refractivity contribution is -0.116. The molecule has 0 aliphatic heterocycles. The first-order valence-electron chi connectivity index (χ1n) is 8.92. The van der Waals surface area contributed by atoms with E-state index in [0.29, 0.717) is 17.9 Å². The van der Waals surface area contributed by atoms with Gasteiger partial charge in [-0.15, -0.1) is 0 Å². The number of carboxylic acids is 1. The molecular formula is C18H23N7O3. The maximum Gasteiger partial charge on any atom is 0.354 e. The fourth-order valence-corrected chi connectivity index (χ4v) is 3.02. The SMILES string of the molecule is CCn1cc(Cn2nc(C)c(NC(=O)Cn3nccc3C(=O)O)c2C)c(C)n1. The molecule has 0 aliphatic rings. The summed E-state index contributed by atoms with van der Waals surface area (Å²) in [7, 11) is 0. The standard InChI is InChI=1S/C18H23N7O3/c1-5-23-8-14(11(2)21-23)9-24-13(4)17(12(3)22-24)20-16(26)10-25-15(18(27)28)6-7-19-25/h6-8H,5,9-10H2,1-4H3,(H,20,26)(H,27,28). The average Bonchev–Trinajstić information content (AvgIpc) is 3.30. The van der Waals surface area contributed by atoms with Crippen LogP contribution in [-0.4, -0.2) is 46.3 Å². The Morgan fingerprint density at radius 1 is 1.14 bits per heavy atom. The lowest BCUT2D eigenvalue weighted by Crippen LogP contribution is -2.22. The predicted octanol–water partition coefficient (Wildman–Crippen LogP) is 1.61. The minimum Gasteiger partial charge on any atom is -0.477 e. The molecule has 0 unspecified atom stereocenters. The second-order valence-corrected chi connectivity index (χ2v) is 6.53. The molecule has 1 amide bonds. The number of aromatic carboxylic acids is 1. The van der Waals surface area contributed by atoms with Crippen molar-refractivity contribution in [2.75, 3.05) is 5.32 Å². The van der Waals surface area contributed by atoms with Crippen LogP contribution in [0.15, 0.2) is 18.5 Å². The van der Waals surface area contributed by atoms with Gasteiger partial charge in [0.05, 0.1) is 29.3 Å². The van der Waals surface area contributed by atoms with Gasteiger partial charge in [-0.05, 0) is 33.8 Å². The first-order valence-corrected chi connectivity index (χ1v) is 8.92. The Balaban J connectivity index is 1.76. The van der Waals surface area contributed by atoms with Crippen LogP contribution in [0, 0.1) is 20.8 Å². The van der Waals surface area contributed by atoms with E-state index in [4.69, 9.17) is 5.11 Å². The van der Waals surface area contributed by atoms with Gasteiger partial charge in [0.1, 0.15) is 12.2 Å². The lowest BCUT2D eigenvalue weighted by Gasteiger charge is -2.08. The third kappa shape index (κ3) is 3.80. The van der Waals surface area contributed by atoms with E-state index in [2.05, 4.69) is 20.6 Å². The molecule has 0 bridgehead atoms. The summed E-state index contributed by atoms with van der Waals surface area (Å²) in [6, 6.07) is 1.35. The Bertz CT molecular complexity index is 1030. The number of hydrogen-bond donors (Lipinski definition) is 2. The van der Waals surface area contributed by atoms with Crippen molar-refractivity contribution in [2.24, 2.45) is 0 Å². The Labute approximate surface area is 161 Å². The van der Waals surface area contributed by atoms with Crippen molar-refractivity contribution in [1.82, 2.24) is 29.3 Å². The first kappa shape index (κ1) is 19.3. The molecule has 0 fully saturated rings. The zero-order chi connectivity index (χ0) is 20.4. The summed E-state index contributed by atoms with van der Waals surface area (Å²) in [6.45, 7) is 8.84. The number of nitrogens with one attached hydrogen (secondary N) is 1. The number of aryl methyl sites for hydroxylation is 3. The van der Waals surface area contributed by atoms with Crippen molar-refractivity contribution >= 4 is 17.6 Å². The van der Waals surface area contributed by atoms with E-state index in [1.54, 1.807) is 0 Å². The Morgan fingerprint density at radius 3 is 2.54 bits per heavy atom. The summed E-state index contributed by atoms with van der Waals surface area (Å²) >= 11 is 0. The smallest absolute Gasteiger partial charge is 0.354 e. The van der Waals surface area contributed by atoms with Gasteiger partial charge in [-0.1, -0.05) is 0 Å². The quantitative estimate of drug-likeness (QED) is 0.637. The number of rotatable bonds is 7. The monoisotopic (exact) mass is 385 g/mol. The van der Waals surface area contributed by atoms with E-state index in [9.17, 15) is 9.59 Å². The Hall–Kier alpha value is -3.43. The molecule has 0 aliphatic carbocycles. The highest BCUT2D eigenvalue weighted by molar-refractivity contribution is 5.92. The number of aromatic nitrogens is 6. The predicted molar refractivity (Wildman–Crippen MR) is 101 cm³/mol. The fraction of sp³-hybridized carbons (Fsp3) is 0.389. The second kappa shape index (κ2) is 7.67. The molecule has 0 atom stereocenters. The van der Waals surface area contributed by atoms with Gasteiger partial charge in [-0.3, -0.25) is 14.2 Å². The highest BCUT2D eigenvalue weighted by Crippen LogP contribution is 2.21. The van der Waals surface area contributed by atoms with Gasteiger partial charge in [0.15, 0.2) is 0 Å². The van der Waals surface area contributed by atoms with E-state index < -0.39 is 5.97 Å². The summed E-state index contributed by atoms with van der Waals surface area (Å²) in [6.07, 6.45) is 3.35. The molecule has 0 saturated heterocycles. The zero-order valence-electron chi connectivity index (χ0n) is 16.3. The minimum absolute atomic E-state index is 0.0392. The molecule has 3 aromatic rings. The summed E-state index contributed by atoms with van der Waals surface area (Å²) in [5.74, 6) is -1.50. The van der Waals surface area contributed by atoms with E-state index >= 15 is 0 Å². The molecule has 0 saturated carbocycles. The van der Waals surface area contributed by atoms with Crippen LogP contribution in [0.3, 0.4) is 0 Å². The summed E-state index contributed by atoms with van der Waals surface area (Å²) < 4.78 is 4.85. The van der Waals surface area contributed by atoms with E-state index in [-0.39, 0.29) is 18.1 Å². The average molecular weight is 385 g/mol. The number of carboxylic acid groups (broad SMARTS) is 1. The van der Waals surface area contributed by atoms with Gasteiger partial charge in [-0.25, -0.2) is 9.48 Å². The number of nitrogens with zero attached hydrogens (tertiary/aromatic N) is 6. The third-order valence-electron chi connectivity index (χ3n) is 4.57. The summed E-state index contributed by atoms with van der Waals surface area (Å²) in [5, 5.41) is 24.8. The molecular weight excluding hydrogens is 362 g/mol. The maximum absolute atomic E-state index is 12.4. The van der Waals surface area contributed by atoms with E-state index in [0.717, 1.165) is 28.2 Å². The van der Waals surface area contributed by atoms with E-state index in [1.807, 2.05) is 43.3 Å². The molecule has 10 nitrogen and oxygen atoms in total. The van der Waals surface area contributed by atoms with Crippen LogP contribution in [0.5, 0.6) is 0 Å². The summed E-state index contributed by atoms with van der Waals surface area (Å²) in [5.41, 5.74) is 4.09. The molecule has 10 heteroatoms. The molecule has 0 aromatic carbocycles. The molecule has 0 radical (unpaired) electrons. The van der Waals surface area contributed by atoms with Gasteiger partial charge in [0, 0.05) is 24.5 Å². The molecule has 148 valence electrons. The molecule has 3 rings (SSSR count). The Kier molecular flexibility index (Phi) is 5.30. The zero-order valence-corrected chi connectivity index (χ0v) is 16.3. The van der Waals surface area contributed by atoms with Crippen LogP contribution >= 0.6 is 0 Å². The van der Waals surface area contributed by atoms with Crippen LogP contribution < -0.4 is 5.32 Å². The van der Waals surface area contributed by atoms with Crippen molar-refractivity contribution in [3.63, 3.8) is 0 Å². The number of carbonyl (C=O) groups is 2. The number of amides is 1. The number of anilines is 1. The third-order valence-corrected chi connectivity index (χ3v) is 4.57. The van der Waals surface area contributed by atoms with E-state index in [1.165, 1.54) is 12.3 Å². The van der Waals surface area contributed by atoms with Crippen molar-refractivity contribution < 1.29 is 14.7 Å². The van der Waals surface area contributed by atoms with Crippen LogP contribution in [0.1, 0.15) is 40.1 Å². The fourth-order valence-electron chi connectivity index (χ4n) is 3.02. The van der Waals surface area contributed by atoms with Gasteiger partial charge in [0.25, 0.3) is 0 Å². The largest absolute Gasteiger partial charge is 0.477 e. The topological polar surface area (TPSA) is 120 Å². The van der Waals surface area contributed by atoms with Gasteiger partial charge in [-0.2, -0.15) is 15.3 Å². The van der Waals surface area contributed by atoms with Crippen molar-refractivity contribution in [1.29, 1.82) is 0 Å². The first-order chi connectivity index (χ1) is 13.3. The van der Waals surface area contributed by atoms with Crippen LogP contribution in [0.25, 0.3) is 0 Å². The summed E-state index contributed by atoms with van der Waals surface area (Å²) in [4.78, 5) is 23.6. The van der Waals surface area contributed by atoms with Gasteiger partial charge < -0.3 is 10.4 Å². The molecule has 3 heterocycles.